The van der Waals surface area contributed by atoms with Crippen molar-refractivity contribution in [3.8, 4) is 11.3 Å². The van der Waals surface area contributed by atoms with Gasteiger partial charge in [0.1, 0.15) is 5.54 Å². The molecular weight excluding hydrogens is 419 g/mol. The van der Waals surface area contributed by atoms with Crippen LogP contribution < -0.4 is 10.6 Å². The number of carbonyl (C=O) groups is 2. The van der Waals surface area contributed by atoms with E-state index in [2.05, 4.69) is 15.3 Å². The Morgan fingerprint density at radius 1 is 1.23 bits per heavy atom. The molecule has 0 aliphatic heterocycles. The van der Waals surface area contributed by atoms with E-state index in [0.29, 0.717) is 22.7 Å². The molecule has 4 rings (SSSR count). The third kappa shape index (κ3) is 4.02. The van der Waals surface area contributed by atoms with Gasteiger partial charge in [0, 0.05) is 23.1 Å². The minimum Gasteiger partial charge on any atom is -0.338 e. The summed E-state index contributed by atoms with van der Waals surface area (Å²) >= 11 is 1.03. The number of alkyl halides is 3. The summed E-state index contributed by atoms with van der Waals surface area (Å²) in [5.41, 5.74) is -0.701. The number of thiophene rings is 1. The van der Waals surface area contributed by atoms with Crippen LogP contribution in [-0.2, 0) is 4.79 Å². The SMILES string of the molecule is CC(C)(NC(=O)c1cc(-c2cn3cc(NC(=O)C4CC4)nc3cn2)cs1)C(F)(F)F. The first-order chi connectivity index (χ1) is 14.0. The monoisotopic (exact) mass is 437 g/mol. The van der Waals surface area contributed by atoms with Gasteiger partial charge in [-0.15, -0.1) is 11.3 Å². The van der Waals surface area contributed by atoms with Crippen LogP contribution >= 0.6 is 11.3 Å². The highest BCUT2D eigenvalue weighted by molar-refractivity contribution is 7.12. The van der Waals surface area contributed by atoms with Crippen molar-refractivity contribution in [3.05, 3.63) is 34.9 Å². The van der Waals surface area contributed by atoms with Crippen LogP contribution in [-0.4, -0.2) is 37.9 Å². The lowest BCUT2D eigenvalue weighted by atomic mass is 10.1. The minimum atomic E-state index is -4.57. The number of halogens is 3. The van der Waals surface area contributed by atoms with Gasteiger partial charge in [-0.2, -0.15) is 13.2 Å². The van der Waals surface area contributed by atoms with E-state index in [0.717, 1.165) is 38.0 Å². The number of hydrogen-bond donors (Lipinski definition) is 2. The zero-order chi connectivity index (χ0) is 21.7. The molecule has 0 saturated heterocycles. The van der Waals surface area contributed by atoms with Crippen molar-refractivity contribution < 1.29 is 22.8 Å². The molecule has 11 heteroatoms. The molecule has 0 aromatic carbocycles. The first-order valence-corrected chi connectivity index (χ1v) is 10.1. The minimum absolute atomic E-state index is 0.0538. The summed E-state index contributed by atoms with van der Waals surface area (Å²) in [6, 6.07) is 1.49. The summed E-state index contributed by atoms with van der Waals surface area (Å²) in [7, 11) is 0. The predicted molar refractivity (Wildman–Crippen MR) is 105 cm³/mol. The Kier molecular flexibility index (Phi) is 4.80. The first-order valence-electron chi connectivity index (χ1n) is 9.17. The molecule has 0 radical (unpaired) electrons. The average molecular weight is 437 g/mol. The zero-order valence-electron chi connectivity index (χ0n) is 16.1. The molecule has 1 fully saturated rings. The third-order valence-corrected chi connectivity index (χ3v) is 5.72. The van der Waals surface area contributed by atoms with Crippen molar-refractivity contribution in [1.29, 1.82) is 0 Å². The Hall–Kier alpha value is -2.95. The number of hydrogen-bond acceptors (Lipinski definition) is 5. The van der Waals surface area contributed by atoms with Crippen molar-refractivity contribution >= 4 is 34.6 Å². The van der Waals surface area contributed by atoms with Gasteiger partial charge in [0.2, 0.25) is 5.91 Å². The summed E-state index contributed by atoms with van der Waals surface area (Å²) < 4.78 is 40.7. The summed E-state index contributed by atoms with van der Waals surface area (Å²) in [6.45, 7) is 1.82. The molecule has 7 nitrogen and oxygen atoms in total. The Morgan fingerprint density at radius 3 is 2.63 bits per heavy atom. The summed E-state index contributed by atoms with van der Waals surface area (Å²) in [4.78, 5) is 32.9. The van der Waals surface area contributed by atoms with Gasteiger partial charge in [-0.1, -0.05) is 0 Å². The number of rotatable bonds is 5. The lowest BCUT2D eigenvalue weighted by Crippen LogP contribution is -2.54. The van der Waals surface area contributed by atoms with Crippen LogP contribution in [0.15, 0.2) is 30.0 Å². The number of amides is 2. The Labute approximate surface area is 173 Å². The highest BCUT2D eigenvalue weighted by Crippen LogP contribution is 2.32. The maximum atomic E-state index is 13.0. The van der Waals surface area contributed by atoms with E-state index in [1.165, 1.54) is 12.3 Å². The Bertz CT molecular complexity index is 1130. The zero-order valence-corrected chi connectivity index (χ0v) is 16.9. The molecular formula is C19H18F3N5O2S. The number of anilines is 1. The van der Waals surface area contributed by atoms with Gasteiger partial charge in [-0.05, 0) is 32.8 Å². The lowest BCUT2D eigenvalue weighted by molar-refractivity contribution is -0.182. The van der Waals surface area contributed by atoms with Crippen molar-refractivity contribution in [2.45, 2.75) is 38.4 Å². The predicted octanol–water partition coefficient (Wildman–Crippen LogP) is 3.88. The molecule has 158 valence electrons. The van der Waals surface area contributed by atoms with Crippen LogP contribution in [0.4, 0.5) is 19.0 Å². The molecule has 3 aromatic heterocycles. The third-order valence-electron chi connectivity index (χ3n) is 4.79. The van der Waals surface area contributed by atoms with E-state index in [9.17, 15) is 22.8 Å². The smallest absolute Gasteiger partial charge is 0.338 e. The second-order valence-corrected chi connectivity index (χ2v) is 8.62. The Balaban J connectivity index is 1.52. The molecule has 2 amide bonds. The number of imidazole rings is 1. The maximum absolute atomic E-state index is 13.0. The molecule has 3 heterocycles. The van der Waals surface area contributed by atoms with Gasteiger partial charge in [-0.25, -0.2) is 4.98 Å². The van der Waals surface area contributed by atoms with E-state index in [4.69, 9.17) is 0 Å². The quantitative estimate of drug-likeness (QED) is 0.634. The molecule has 0 unspecified atom stereocenters. The highest BCUT2D eigenvalue weighted by Gasteiger charge is 2.48. The van der Waals surface area contributed by atoms with Crippen molar-refractivity contribution in [3.63, 3.8) is 0 Å². The second kappa shape index (κ2) is 7.08. The molecule has 2 N–H and O–H groups in total. The van der Waals surface area contributed by atoms with Crippen LogP contribution in [0.25, 0.3) is 16.9 Å². The molecule has 0 spiro atoms. The molecule has 0 bridgehead atoms. The number of fused-ring (bicyclic) bond motifs is 1. The van der Waals surface area contributed by atoms with Crippen LogP contribution in [0.2, 0.25) is 0 Å². The van der Waals surface area contributed by atoms with Crippen molar-refractivity contribution in [2.75, 3.05) is 5.32 Å². The fraction of sp³-hybridized carbons (Fsp3) is 0.368. The average Bonchev–Trinajstić information content (AvgIpc) is 3.24. The van der Waals surface area contributed by atoms with Gasteiger partial charge in [-0.3, -0.25) is 14.6 Å². The van der Waals surface area contributed by atoms with Gasteiger partial charge in [0.15, 0.2) is 11.5 Å². The number of nitrogens with zero attached hydrogens (tertiary/aromatic N) is 3. The molecule has 1 saturated carbocycles. The van der Waals surface area contributed by atoms with E-state index < -0.39 is 17.6 Å². The van der Waals surface area contributed by atoms with E-state index >= 15 is 0 Å². The largest absolute Gasteiger partial charge is 0.410 e. The van der Waals surface area contributed by atoms with Crippen LogP contribution in [0.5, 0.6) is 0 Å². The topological polar surface area (TPSA) is 88.4 Å². The molecule has 1 aliphatic carbocycles. The van der Waals surface area contributed by atoms with E-state index in [1.807, 2.05) is 5.32 Å². The summed E-state index contributed by atoms with van der Waals surface area (Å²) in [5, 5.41) is 6.43. The van der Waals surface area contributed by atoms with Crippen molar-refractivity contribution in [1.82, 2.24) is 19.7 Å². The normalized spacial score (nSPS) is 14.7. The van der Waals surface area contributed by atoms with Crippen LogP contribution in [0.1, 0.15) is 36.4 Å². The van der Waals surface area contributed by atoms with Gasteiger partial charge >= 0.3 is 6.18 Å². The van der Waals surface area contributed by atoms with Gasteiger partial charge in [0.25, 0.3) is 5.91 Å². The molecule has 3 aromatic rings. The fourth-order valence-electron chi connectivity index (χ4n) is 2.69. The van der Waals surface area contributed by atoms with Gasteiger partial charge < -0.3 is 15.0 Å². The van der Waals surface area contributed by atoms with Gasteiger partial charge in [0.05, 0.1) is 23.0 Å². The molecule has 0 atom stereocenters. The Morgan fingerprint density at radius 2 is 1.97 bits per heavy atom. The number of nitrogens with one attached hydrogen (secondary N) is 2. The van der Waals surface area contributed by atoms with Crippen molar-refractivity contribution in [2.24, 2.45) is 5.92 Å². The number of aromatic nitrogens is 3. The van der Waals surface area contributed by atoms with Crippen LogP contribution in [0.3, 0.4) is 0 Å². The molecule has 1 aliphatic rings. The fourth-order valence-corrected chi connectivity index (χ4v) is 3.48. The second-order valence-electron chi connectivity index (χ2n) is 7.70. The summed E-state index contributed by atoms with van der Waals surface area (Å²) in [6.07, 6.45) is 2.07. The standard InChI is InChI=1S/C19H18F3N5O2S/c1-18(2,19(20,21)22)26-17(29)13-5-11(9-30-13)12-7-27-8-14(24-15(27)6-23-12)25-16(28)10-3-4-10/h5-10H,3-4H2,1-2H3,(H,25,28)(H,26,29). The maximum Gasteiger partial charge on any atom is 0.410 e. The van der Waals surface area contributed by atoms with Crippen LogP contribution in [0, 0.1) is 5.92 Å². The summed E-state index contributed by atoms with van der Waals surface area (Å²) in [5.74, 6) is -0.379. The highest BCUT2D eigenvalue weighted by atomic mass is 32.1. The molecule has 30 heavy (non-hydrogen) atoms. The first kappa shape index (κ1) is 20.3. The van der Waals surface area contributed by atoms with E-state index in [-0.39, 0.29) is 16.7 Å². The lowest BCUT2D eigenvalue weighted by Gasteiger charge is -2.28. The number of carbonyl (C=O) groups excluding carboxylic acids is 2. The van der Waals surface area contributed by atoms with E-state index in [1.54, 1.807) is 22.2 Å².